The molecule has 0 radical (unpaired) electrons. The van der Waals surface area contributed by atoms with Gasteiger partial charge in [-0.25, -0.2) is 8.78 Å². The molecule has 0 spiro atoms. The third-order valence-corrected chi connectivity index (χ3v) is 2.26. The maximum Gasteiger partial charge on any atom is 0.288 e. The number of aliphatic hydroxyl groups is 1. The molecule has 3 nitrogen and oxygen atoms in total. The number of halogens is 2. The molecule has 0 saturated carbocycles. The molecular weight excluding hydrogens is 168 g/mol. The van der Waals surface area contributed by atoms with Gasteiger partial charge >= 0.3 is 0 Å². The lowest BCUT2D eigenvalue weighted by Gasteiger charge is -2.37. The largest absolute Gasteiger partial charge is 0.383 e. The predicted octanol–water partition coefficient (Wildman–Crippen LogP) is 0.122. The van der Waals surface area contributed by atoms with Crippen molar-refractivity contribution in [3.05, 3.63) is 0 Å². The summed E-state index contributed by atoms with van der Waals surface area (Å²) in [7, 11) is 0. The molecule has 1 fully saturated rings. The average molecular weight is 181 g/mol. The summed E-state index contributed by atoms with van der Waals surface area (Å²) in [6, 6.07) is 0. The van der Waals surface area contributed by atoms with E-state index in [4.69, 9.17) is 10.5 Å². The van der Waals surface area contributed by atoms with E-state index in [1.165, 1.54) is 0 Å². The first-order valence-electron chi connectivity index (χ1n) is 3.90. The minimum absolute atomic E-state index is 0.0444. The Morgan fingerprint density at radius 3 is 2.33 bits per heavy atom. The van der Waals surface area contributed by atoms with E-state index in [1.807, 2.05) is 0 Å². The summed E-state index contributed by atoms with van der Waals surface area (Å²) in [5, 5.41) is 9.49. The molecule has 0 atom stereocenters. The molecule has 0 unspecified atom stereocenters. The van der Waals surface area contributed by atoms with Crippen LogP contribution in [0.2, 0.25) is 0 Å². The Labute approximate surface area is 69.5 Å². The first-order chi connectivity index (χ1) is 5.52. The summed E-state index contributed by atoms with van der Waals surface area (Å²) < 4.78 is 30.9. The molecule has 1 aliphatic rings. The Kier molecular flexibility index (Phi) is 2.65. The maximum atomic E-state index is 13.0. The Hall–Kier alpha value is -0.260. The molecule has 1 rings (SSSR count). The van der Waals surface area contributed by atoms with Crippen LogP contribution in [0.4, 0.5) is 8.78 Å². The van der Waals surface area contributed by atoms with Crippen molar-refractivity contribution in [2.45, 2.75) is 24.4 Å². The van der Waals surface area contributed by atoms with Crippen molar-refractivity contribution in [2.75, 3.05) is 19.8 Å². The van der Waals surface area contributed by atoms with Gasteiger partial charge in [-0.15, -0.1) is 0 Å². The standard InChI is InChI=1S/C7H13F2NO2/c8-7(9,5-10)6(11)1-3-12-4-2-6/h11H,1-5,10H2. The van der Waals surface area contributed by atoms with E-state index >= 15 is 0 Å². The minimum atomic E-state index is -3.20. The Morgan fingerprint density at radius 2 is 1.92 bits per heavy atom. The molecule has 12 heavy (non-hydrogen) atoms. The molecule has 1 saturated heterocycles. The lowest BCUT2D eigenvalue weighted by Crippen LogP contribution is -2.55. The fourth-order valence-corrected chi connectivity index (χ4v) is 1.26. The second-order valence-electron chi connectivity index (χ2n) is 3.05. The number of rotatable bonds is 2. The summed E-state index contributed by atoms with van der Waals surface area (Å²) in [4.78, 5) is 0. The Bertz CT molecular complexity index is 157. The van der Waals surface area contributed by atoms with Gasteiger partial charge in [0.1, 0.15) is 5.60 Å². The molecule has 0 aromatic heterocycles. The van der Waals surface area contributed by atoms with Crippen molar-refractivity contribution in [3.8, 4) is 0 Å². The molecule has 0 bridgehead atoms. The highest BCUT2D eigenvalue weighted by atomic mass is 19.3. The predicted molar refractivity (Wildman–Crippen MR) is 39.0 cm³/mol. The van der Waals surface area contributed by atoms with Crippen molar-refractivity contribution in [3.63, 3.8) is 0 Å². The van der Waals surface area contributed by atoms with Crippen molar-refractivity contribution in [1.29, 1.82) is 0 Å². The van der Waals surface area contributed by atoms with Gasteiger partial charge in [0.25, 0.3) is 5.92 Å². The Morgan fingerprint density at radius 1 is 1.42 bits per heavy atom. The normalized spacial score (nSPS) is 24.0. The smallest absolute Gasteiger partial charge is 0.288 e. The molecule has 72 valence electrons. The van der Waals surface area contributed by atoms with Crippen LogP contribution in [0.5, 0.6) is 0 Å². The zero-order valence-electron chi connectivity index (χ0n) is 6.72. The van der Waals surface area contributed by atoms with Crippen LogP contribution < -0.4 is 5.73 Å². The van der Waals surface area contributed by atoms with Crippen molar-refractivity contribution < 1.29 is 18.6 Å². The number of nitrogens with two attached hydrogens (primary N) is 1. The van der Waals surface area contributed by atoms with Gasteiger partial charge in [-0.05, 0) is 0 Å². The molecule has 1 heterocycles. The monoisotopic (exact) mass is 181 g/mol. The first-order valence-corrected chi connectivity index (χ1v) is 3.90. The highest BCUT2D eigenvalue weighted by Crippen LogP contribution is 2.35. The highest BCUT2D eigenvalue weighted by molar-refractivity contribution is 4.95. The van der Waals surface area contributed by atoms with Crippen molar-refractivity contribution in [2.24, 2.45) is 5.73 Å². The fraction of sp³-hybridized carbons (Fsp3) is 1.00. The van der Waals surface area contributed by atoms with E-state index in [0.29, 0.717) is 0 Å². The topological polar surface area (TPSA) is 55.5 Å². The van der Waals surface area contributed by atoms with Crippen LogP contribution in [0.1, 0.15) is 12.8 Å². The van der Waals surface area contributed by atoms with Crippen LogP contribution in [-0.4, -0.2) is 36.4 Å². The van der Waals surface area contributed by atoms with Crippen LogP contribution in [0.3, 0.4) is 0 Å². The van der Waals surface area contributed by atoms with Crippen LogP contribution in [0.15, 0.2) is 0 Å². The molecule has 1 aliphatic heterocycles. The van der Waals surface area contributed by atoms with E-state index in [9.17, 15) is 13.9 Å². The summed E-state index contributed by atoms with van der Waals surface area (Å²) in [6.07, 6.45) is -0.0889. The van der Waals surface area contributed by atoms with E-state index in [0.717, 1.165) is 0 Å². The number of hydrogen-bond donors (Lipinski definition) is 2. The molecule has 0 aromatic rings. The van der Waals surface area contributed by atoms with E-state index in [1.54, 1.807) is 0 Å². The van der Waals surface area contributed by atoms with Gasteiger partial charge in [0.15, 0.2) is 0 Å². The number of ether oxygens (including phenoxy) is 1. The third kappa shape index (κ3) is 1.57. The van der Waals surface area contributed by atoms with Gasteiger partial charge in [0.05, 0.1) is 6.54 Å². The molecule has 3 N–H and O–H groups in total. The summed E-state index contributed by atoms with van der Waals surface area (Å²) in [5.74, 6) is -3.20. The van der Waals surface area contributed by atoms with Gasteiger partial charge in [-0.1, -0.05) is 0 Å². The number of alkyl halides is 2. The van der Waals surface area contributed by atoms with Crippen molar-refractivity contribution >= 4 is 0 Å². The second kappa shape index (κ2) is 3.24. The van der Waals surface area contributed by atoms with Gasteiger partial charge in [-0.2, -0.15) is 0 Å². The second-order valence-corrected chi connectivity index (χ2v) is 3.05. The van der Waals surface area contributed by atoms with Crippen molar-refractivity contribution in [1.82, 2.24) is 0 Å². The lowest BCUT2D eigenvalue weighted by atomic mass is 9.87. The summed E-state index contributed by atoms with van der Waals surface area (Å²) in [5.41, 5.74) is 2.91. The van der Waals surface area contributed by atoms with Crippen LogP contribution in [0, 0.1) is 0 Å². The molecule has 0 amide bonds. The molecular formula is C7H13F2NO2. The van der Waals surface area contributed by atoms with Crippen LogP contribution in [-0.2, 0) is 4.74 Å². The van der Waals surface area contributed by atoms with E-state index in [2.05, 4.69) is 0 Å². The fourth-order valence-electron chi connectivity index (χ4n) is 1.26. The molecule has 0 aliphatic carbocycles. The zero-order valence-corrected chi connectivity index (χ0v) is 6.72. The maximum absolute atomic E-state index is 13.0. The van der Waals surface area contributed by atoms with Crippen LogP contribution >= 0.6 is 0 Å². The zero-order chi connectivity index (χ0) is 9.24. The number of hydrogen-bond acceptors (Lipinski definition) is 3. The molecule has 0 aromatic carbocycles. The SMILES string of the molecule is NCC(F)(F)C1(O)CCOCC1. The highest BCUT2D eigenvalue weighted by Gasteiger charge is 2.51. The van der Waals surface area contributed by atoms with Gasteiger partial charge in [0.2, 0.25) is 0 Å². The summed E-state index contributed by atoms with van der Waals surface area (Å²) >= 11 is 0. The van der Waals surface area contributed by atoms with Gasteiger partial charge < -0.3 is 15.6 Å². The first kappa shape index (κ1) is 9.83. The van der Waals surface area contributed by atoms with E-state index < -0.39 is 18.1 Å². The Balaban J connectivity index is 2.68. The van der Waals surface area contributed by atoms with E-state index in [-0.39, 0.29) is 26.1 Å². The average Bonchev–Trinajstić information content (AvgIpc) is 2.06. The van der Waals surface area contributed by atoms with Gasteiger partial charge in [-0.3, -0.25) is 0 Å². The van der Waals surface area contributed by atoms with Gasteiger partial charge in [0, 0.05) is 26.1 Å². The third-order valence-electron chi connectivity index (χ3n) is 2.26. The summed E-state index contributed by atoms with van der Waals surface area (Å²) in [6.45, 7) is -0.471. The van der Waals surface area contributed by atoms with Crippen LogP contribution in [0.25, 0.3) is 0 Å². The quantitative estimate of drug-likeness (QED) is 0.636. The molecule has 5 heteroatoms. The minimum Gasteiger partial charge on any atom is -0.383 e. The lowest BCUT2D eigenvalue weighted by molar-refractivity contribution is -0.207.